The Morgan fingerprint density at radius 2 is 0.474 bits per heavy atom. The second-order valence-corrected chi connectivity index (χ2v) is 19.7. The molecule has 0 radical (unpaired) electrons. The predicted molar refractivity (Wildman–Crippen MR) is 322 cm³/mol. The van der Waals surface area contributed by atoms with E-state index < -0.39 is 0 Å². The summed E-state index contributed by atoms with van der Waals surface area (Å²) in [6, 6.07) is 104. The highest BCUT2D eigenvalue weighted by Crippen LogP contribution is 2.45. The molecule has 0 aliphatic heterocycles. The van der Waals surface area contributed by atoms with Gasteiger partial charge in [0.1, 0.15) is 11.6 Å². The number of benzene rings is 11. The monoisotopic (exact) mass is 996 g/mol. The molecule has 0 saturated heterocycles. The Morgan fingerprint density at radius 3 is 0.808 bits per heavy atom. The van der Waals surface area contributed by atoms with Crippen molar-refractivity contribution in [2.24, 2.45) is 0 Å². The largest absolute Gasteiger partial charge is 0.309 e. The SMILES string of the molecule is c1ccc(-c2nc(-c3ccccc3)n(-c3ccc(-n4c5ccccc5c5c6c7ccccc7n(-c7ccc(-n8c(-c9ccccc9)nc(-c9ccccc9)c8-c8ccccc8)cc7)c6ccc54)cc3)c2-c2ccccc2)cc1. The van der Waals surface area contributed by atoms with Gasteiger partial charge in [0.2, 0.25) is 0 Å². The number of fused-ring (bicyclic) bond motifs is 7. The number of hydrogen-bond acceptors (Lipinski definition) is 2. The number of rotatable bonds is 10. The normalized spacial score (nSPS) is 11.6. The first kappa shape index (κ1) is 44.9. The van der Waals surface area contributed by atoms with E-state index in [1.807, 2.05) is 0 Å². The smallest absolute Gasteiger partial charge is 0.145 e. The van der Waals surface area contributed by atoms with Gasteiger partial charge in [-0.05, 0) is 72.8 Å². The van der Waals surface area contributed by atoms with Gasteiger partial charge < -0.3 is 9.13 Å². The van der Waals surface area contributed by atoms with E-state index >= 15 is 0 Å². The van der Waals surface area contributed by atoms with Gasteiger partial charge in [0, 0.05) is 77.7 Å². The van der Waals surface area contributed by atoms with Crippen molar-refractivity contribution in [3.8, 4) is 90.6 Å². The molecule has 4 aromatic heterocycles. The van der Waals surface area contributed by atoms with Crippen LogP contribution in [0.4, 0.5) is 0 Å². The fraction of sp³-hybridized carbons (Fsp3) is 0. The van der Waals surface area contributed by atoms with Gasteiger partial charge in [0.15, 0.2) is 0 Å². The maximum absolute atomic E-state index is 5.45. The first-order valence-corrected chi connectivity index (χ1v) is 26.5. The van der Waals surface area contributed by atoms with Crippen molar-refractivity contribution in [1.29, 1.82) is 0 Å². The molecule has 4 heterocycles. The van der Waals surface area contributed by atoms with Crippen LogP contribution in [-0.2, 0) is 0 Å². The molecule has 0 unspecified atom stereocenters. The zero-order valence-electron chi connectivity index (χ0n) is 42.4. The van der Waals surface area contributed by atoms with Crippen LogP contribution in [0.5, 0.6) is 0 Å². The van der Waals surface area contributed by atoms with Crippen LogP contribution in [0.25, 0.3) is 134 Å². The maximum atomic E-state index is 5.45. The lowest BCUT2D eigenvalue weighted by Gasteiger charge is -2.15. The van der Waals surface area contributed by atoms with E-state index in [0.717, 1.165) is 113 Å². The van der Waals surface area contributed by atoms with Gasteiger partial charge in [-0.25, -0.2) is 9.97 Å². The molecule has 15 rings (SSSR count). The molecule has 78 heavy (non-hydrogen) atoms. The van der Waals surface area contributed by atoms with E-state index in [4.69, 9.17) is 9.97 Å². The Balaban J connectivity index is 0.889. The van der Waals surface area contributed by atoms with Gasteiger partial charge in [0.25, 0.3) is 0 Å². The predicted octanol–water partition coefficient (Wildman–Crippen LogP) is 18.3. The lowest BCUT2D eigenvalue weighted by atomic mass is 10.0. The minimum absolute atomic E-state index is 0.888. The fourth-order valence-electron chi connectivity index (χ4n) is 11.8. The van der Waals surface area contributed by atoms with E-state index in [2.05, 4.69) is 309 Å². The second kappa shape index (κ2) is 18.7. The summed E-state index contributed by atoms with van der Waals surface area (Å²) in [5, 5.41) is 4.86. The van der Waals surface area contributed by atoms with Crippen LogP contribution in [-0.4, -0.2) is 28.2 Å². The zero-order chi connectivity index (χ0) is 51.5. The van der Waals surface area contributed by atoms with Gasteiger partial charge in [0.05, 0.1) is 44.8 Å². The molecular weight excluding hydrogens is 949 g/mol. The first-order valence-electron chi connectivity index (χ1n) is 26.5. The van der Waals surface area contributed by atoms with E-state index in [0.29, 0.717) is 0 Å². The van der Waals surface area contributed by atoms with Crippen LogP contribution < -0.4 is 0 Å². The molecular formula is C72H48N6. The summed E-state index contributed by atoms with van der Waals surface area (Å²) in [7, 11) is 0. The van der Waals surface area contributed by atoms with Crippen molar-refractivity contribution in [1.82, 2.24) is 28.2 Å². The number of para-hydroxylation sites is 2. The van der Waals surface area contributed by atoms with Crippen molar-refractivity contribution in [2.45, 2.75) is 0 Å². The molecule has 0 fully saturated rings. The molecule has 0 amide bonds. The molecule has 0 spiro atoms. The van der Waals surface area contributed by atoms with Crippen molar-refractivity contribution < 1.29 is 0 Å². The molecule has 0 aliphatic carbocycles. The van der Waals surface area contributed by atoms with Crippen LogP contribution in [0.1, 0.15) is 0 Å². The summed E-state index contributed by atoms with van der Waals surface area (Å²) in [5.74, 6) is 1.78. The molecule has 6 nitrogen and oxygen atoms in total. The lowest BCUT2D eigenvalue weighted by molar-refractivity contribution is 1.07. The number of nitrogens with zero attached hydrogens (tertiary/aromatic N) is 6. The molecule has 0 saturated carbocycles. The maximum Gasteiger partial charge on any atom is 0.145 e. The van der Waals surface area contributed by atoms with E-state index in [1.54, 1.807) is 0 Å². The topological polar surface area (TPSA) is 45.5 Å². The Bertz CT molecular complexity index is 4350. The lowest BCUT2D eigenvalue weighted by Crippen LogP contribution is -2.02. The molecule has 366 valence electrons. The van der Waals surface area contributed by atoms with Crippen LogP contribution in [0.15, 0.2) is 291 Å². The van der Waals surface area contributed by atoms with Gasteiger partial charge in [-0.2, -0.15) is 0 Å². The third-order valence-electron chi connectivity index (χ3n) is 15.2. The summed E-state index contributed by atoms with van der Waals surface area (Å²) in [6.07, 6.45) is 0. The van der Waals surface area contributed by atoms with Gasteiger partial charge in [-0.1, -0.05) is 218 Å². The molecule has 0 bridgehead atoms. The van der Waals surface area contributed by atoms with Crippen LogP contribution in [0, 0.1) is 0 Å². The van der Waals surface area contributed by atoms with Gasteiger partial charge in [-0.3, -0.25) is 9.13 Å². The Kier molecular flexibility index (Phi) is 10.7. The highest BCUT2D eigenvalue weighted by atomic mass is 15.1. The Hall–Kier alpha value is -10.6. The van der Waals surface area contributed by atoms with Crippen molar-refractivity contribution in [3.05, 3.63) is 291 Å². The van der Waals surface area contributed by atoms with Crippen LogP contribution >= 0.6 is 0 Å². The van der Waals surface area contributed by atoms with Crippen molar-refractivity contribution in [2.75, 3.05) is 0 Å². The first-order chi connectivity index (χ1) is 38.7. The molecule has 0 N–H and O–H groups in total. The highest BCUT2D eigenvalue weighted by molar-refractivity contribution is 6.29. The summed E-state index contributed by atoms with van der Waals surface area (Å²) in [6.45, 7) is 0. The number of imidazole rings is 2. The Labute approximate surface area is 451 Å². The number of hydrogen-bond donors (Lipinski definition) is 0. The molecule has 0 atom stereocenters. The van der Waals surface area contributed by atoms with Crippen LogP contribution in [0.3, 0.4) is 0 Å². The average Bonchev–Trinajstić information content (AvgIpc) is 4.46. The summed E-state index contributed by atoms with van der Waals surface area (Å²) in [4.78, 5) is 10.9. The van der Waals surface area contributed by atoms with E-state index in [-0.39, 0.29) is 0 Å². The minimum atomic E-state index is 0.888. The third kappa shape index (κ3) is 7.34. The van der Waals surface area contributed by atoms with E-state index in [9.17, 15) is 0 Å². The molecule has 15 aromatic rings. The zero-order valence-corrected chi connectivity index (χ0v) is 42.4. The summed E-state index contributed by atoms with van der Waals surface area (Å²) in [5.41, 5.74) is 19.2. The summed E-state index contributed by atoms with van der Waals surface area (Å²) < 4.78 is 9.51. The second-order valence-electron chi connectivity index (χ2n) is 19.7. The fourth-order valence-corrected chi connectivity index (χ4v) is 11.8. The van der Waals surface area contributed by atoms with E-state index in [1.165, 1.54) is 21.5 Å². The standard InChI is InChI=1S/C72H48N6/c1-7-23-49(24-8-1)67-69(51-27-11-3-12-28-51)77(71(73-67)53-31-15-5-16-32-53)57-43-39-55(40-44-57)75-61-37-21-19-35-59(61)65-63(75)47-48-64-66(65)60-36-20-22-38-62(60)76(64)56-41-45-58(46-42-56)78-70(52-29-13-4-14-30-52)68(50-25-9-2-10-26-50)74-72(78)54-33-17-6-18-34-54/h1-48H. The average molecular weight is 997 g/mol. The van der Waals surface area contributed by atoms with Gasteiger partial charge >= 0.3 is 0 Å². The van der Waals surface area contributed by atoms with Crippen molar-refractivity contribution >= 4 is 43.6 Å². The summed E-state index contributed by atoms with van der Waals surface area (Å²) >= 11 is 0. The van der Waals surface area contributed by atoms with Gasteiger partial charge in [-0.15, -0.1) is 0 Å². The highest BCUT2D eigenvalue weighted by Gasteiger charge is 2.26. The number of aromatic nitrogens is 6. The Morgan fingerprint density at radius 1 is 0.205 bits per heavy atom. The third-order valence-corrected chi connectivity index (χ3v) is 15.2. The van der Waals surface area contributed by atoms with Crippen LogP contribution in [0.2, 0.25) is 0 Å². The quantitative estimate of drug-likeness (QED) is 0.137. The molecule has 0 aliphatic rings. The van der Waals surface area contributed by atoms with Crippen molar-refractivity contribution in [3.63, 3.8) is 0 Å². The molecule has 11 aromatic carbocycles. The molecule has 6 heteroatoms. The minimum Gasteiger partial charge on any atom is -0.309 e.